The van der Waals surface area contributed by atoms with E-state index in [0.29, 0.717) is 11.1 Å². The Hall–Kier alpha value is -5.00. The molecule has 9 rings (SSSR count). The number of ether oxygens (including phenoxy) is 2. The summed E-state index contributed by atoms with van der Waals surface area (Å²) in [6.45, 7) is 4.25. The summed E-state index contributed by atoms with van der Waals surface area (Å²) >= 11 is 1.77. The Bertz CT molecular complexity index is 2440. The van der Waals surface area contributed by atoms with Crippen LogP contribution in [0.1, 0.15) is 41.7 Å². The molecule has 0 N–H and O–H groups in total. The number of hydrogen-bond acceptors (Lipinski definition) is 3. The number of benzene rings is 6. The molecule has 224 valence electrons. The van der Waals surface area contributed by atoms with Gasteiger partial charge in [0.05, 0.1) is 7.11 Å². The molecule has 0 fully saturated rings. The molecule has 1 aliphatic heterocycles. The summed E-state index contributed by atoms with van der Waals surface area (Å²) in [5.41, 5.74) is 5.18. The molecular weight excluding hydrogens is 595 g/mol. The van der Waals surface area contributed by atoms with Crippen molar-refractivity contribution in [2.75, 3.05) is 7.11 Å². The number of hydrogen-bond donors (Lipinski definition) is 0. The highest BCUT2D eigenvalue weighted by atomic mass is 32.1. The molecule has 0 saturated heterocycles. The summed E-state index contributed by atoms with van der Waals surface area (Å²) in [5.74, 6) is 0.745. The molecule has 0 radical (unpaired) electrons. The van der Waals surface area contributed by atoms with Crippen molar-refractivity contribution >= 4 is 48.4 Å². The molecule has 5 heteroatoms. The molecule has 1 unspecified atom stereocenters. The van der Waals surface area contributed by atoms with Gasteiger partial charge in [-0.1, -0.05) is 68.5 Å². The first kappa shape index (κ1) is 27.3. The molecule has 2 aliphatic rings. The number of fused-ring (bicyclic) bond motifs is 11. The van der Waals surface area contributed by atoms with Gasteiger partial charge in [0.1, 0.15) is 23.1 Å². The Labute approximate surface area is 269 Å². The van der Waals surface area contributed by atoms with Crippen LogP contribution < -0.4 is 9.47 Å². The molecule has 7 aromatic rings. The van der Waals surface area contributed by atoms with Gasteiger partial charge in [0.2, 0.25) is 0 Å². The van der Waals surface area contributed by atoms with Crippen LogP contribution in [0.5, 0.6) is 11.5 Å². The van der Waals surface area contributed by atoms with E-state index in [2.05, 4.69) is 68.5 Å². The van der Waals surface area contributed by atoms with Crippen molar-refractivity contribution in [2.45, 2.75) is 24.9 Å². The molecule has 1 atom stereocenters. The van der Waals surface area contributed by atoms with E-state index in [-0.39, 0.29) is 11.6 Å². The molecule has 2 heterocycles. The molecule has 46 heavy (non-hydrogen) atoms. The summed E-state index contributed by atoms with van der Waals surface area (Å²) in [7, 11) is 1.65. The average molecular weight is 623 g/mol. The first-order chi connectivity index (χ1) is 22.3. The summed E-state index contributed by atoms with van der Waals surface area (Å²) in [4.78, 5) is 0. The van der Waals surface area contributed by atoms with Gasteiger partial charge < -0.3 is 9.47 Å². The zero-order chi connectivity index (χ0) is 31.4. The van der Waals surface area contributed by atoms with Gasteiger partial charge in [0.15, 0.2) is 5.60 Å². The van der Waals surface area contributed by atoms with Gasteiger partial charge >= 0.3 is 0 Å². The highest BCUT2D eigenvalue weighted by Gasteiger charge is 2.44. The Morgan fingerprint density at radius 3 is 2.26 bits per heavy atom. The fraction of sp³-hybridized carbons (Fsp3) is 0.122. The van der Waals surface area contributed by atoms with Crippen LogP contribution in [0, 0.1) is 11.6 Å². The van der Waals surface area contributed by atoms with Gasteiger partial charge in [-0.25, -0.2) is 8.78 Å². The average Bonchev–Trinajstić information content (AvgIpc) is 3.56. The van der Waals surface area contributed by atoms with Crippen LogP contribution in [0.2, 0.25) is 0 Å². The molecule has 1 aliphatic carbocycles. The van der Waals surface area contributed by atoms with Gasteiger partial charge in [-0.15, -0.1) is 11.3 Å². The number of methoxy groups -OCH3 is 1. The smallest absolute Gasteiger partial charge is 0.178 e. The van der Waals surface area contributed by atoms with Crippen molar-refractivity contribution in [3.8, 4) is 22.6 Å². The standard InChI is InChI=1S/C41H28F2O2S/c1-40(2)34-22-26(43)12-16-30(34)37-29-15-11-25(42)21-33(29)39-31(38(37)40)18-19-41(45-39,23-8-13-27(44-3)14-9-23)24-10-17-36-32(20-24)28-6-4-5-7-35(28)46-36/h4-22H,1-3H3. The summed E-state index contributed by atoms with van der Waals surface area (Å²) in [6.07, 6.45) is 4.25. The van der Waals surface area contributed by atoms with Crippen molar-refractivity contribution < 1.29 is 18.3 Å². The van der Waals surface area contributed by atoms with Crippen LogP contribution in [0.4, 0.5) is 8.78 Å². The van der Waals surface area contributed by atoms with E-state index in [9.17, 15) is 4.39 Å². The highest BCUT2D eigenvalue weighted by molar-refractivity contribution is 7.25. The maximum Gasteiger partial charge on any atom is 0.178 e. The third-order valence-corrected chi connectivity index (χ3v) is 11.0. The Morgan fingerprint density at radius 1 is 0.696 bits per heavy atom. The van der Waals surface area contributed by atoms with Crippen LogP contribution in [0.25, 0.3) is 48.1 Å². The van der Waals surface area contributed by atoms with Crippen molar-refractivity contribution in [3.63, 3.8) is 0 Å². The van der Waals surface area contributed by atoms with Crippen molar-refractivity contribution in [2.24, 2.45) is 0 Å². The fourth-order valence-electron chi connectivity index (χ4n) is 7.70. The van der Waals surface area contributed by atoms with Crippen LogP contribution in [-0.2, 0) is 11.0 Å². The predicted octanol–water partition coefficient (Wildman–Crippen LogP) is 11.2. The lowest BCUT2D eigenvalue weighted by Crippen LogP contribution is -2.35. The van der Waals surface area contributed by atoms with Crippen LogP contribution >= 0.6 is 11.3 Å². The number of thiophene rings is 1. The number of rotatable bonds is 3. The third-order valence-electron chi connectivity index (χ3n) is 9.88. The van der Waals surface area contributed by atoms with Gasteiger partial charge in [-0.05, 0) is 88.3 Å². The van der Waals surface area contributed by atoms with E-state index in [1.165, 1.54) is 26.9 Å². The van der Waals surface area contributed by atoms with Gasteiger partial charge in [0.25, 0.3) is 0 Å². The largest absolute Gasteiger partial charge is 0.497 e. The van der Waals surface area contributed by atoms with Crippen molar-refractivity contribution in [1.82, 2.24) is 0 Å². The van der Waals surface area contributed by atoms with Gasteiger partial charge in [0, 0.05) is 47.7 Å². The van der Waals surface area contributed by atoms with Gasteiger partial charge in [-0.3, -0.25) is 0 Å². The van der Waals surface area contributed by atoms with Crippen molar-refractivity contribution in [3.05, 3.63) is 149 Å². The second-order valence-corrected chi connectivity index (χ2v) is 13.8. The Balaban J connectivity index is 1.35. The lowest BCUT2D eigenvalue weighted by Gasteiger charge is -2.38. The molecule has 0 amide bonds. The summed E-state index contributed by atoms with van der Waals surface area (Å²) in [6, 6.07) is 32.8. The van der Waals surface area contributed by atoms with Crippen LogP contribution in [0.15, 0.2) is 109 Å². The quantitative estimate of drug-likeness (QED) is 0.195. The maximum atomic E-state index is 15.1. The molecule has 1 aromatic heterocycles. The first-order valence-electron chi connectivity index (χ1n) is 15.3. The second kappa shape index (κ2) is 9.51. The predicted molar refractivity (Wildman–Crippen MR) is 184 cm³/mol. The lowest BCUT2D eigenvalue weighted by atomic mass is 9.76. The zero-order valence-electron chi connectivity index (χ0n) is 25.5. The van der Waals surface area contributed by atoms with Crippen LogP contribution in [0.3, 0.4) is 0 Å². The molecule has 2 nitrogen and oxygen atoms in total. The third kappa shape index (κ3) is 3.66. The van der Waals surface area contributed by atoms with Crippen LogP contribution in [-0.4, -0.2) is 7.11 Å². The fourth-order valence-corrected chi connectivity index (χ4v) is 8.79. The Kier molecular flexibility index (Phi) is 5.65. The molecular formula is C41H28F2O2S. The second-order valence-electron chi connectivity index (χ2n) is 12.7. The van der Waals surface area contributed by atoms with E-state index in [1.54, 1.807) is 30.6 Å². The SMILES string of the molecule is COc1ccc(C2(c3ccc4sc5ccccc5c4c3)C=Cc3c4c(c5ccc(F)cc5c3O2)-c2ccc(F)cc2C4(C)C)cc1. The minimum Gasteiger partial charge on any atom is -0.497 e. The molecule has 0 spiro atoms. The van der Waals surface area contributed by atoms with E-state index >= 15 is 4.39 Å². The van der Waals surface area contributed by atoms with E-state index < -0.39 is 11.0 Å². The summed E-state index contributed by atoms with van der Waals surface area (Å²) < 4.78 is 45.1. The topological polar surface area (TPSA) is 18.5 Å². The molecule has 0 bridgehead atoms. The summed E-state index contributed by atoms with van der Waals surface area (Å²) in [5, 5.41) is 3.93. The van der Waals surface area contributed by atoms with Gasteiger partial charge in [-0.2, -0.15) is 0 Å². The van der Waals surface area contributed by atoms with E-state index in [4.69, 9.17) is 9.47 Å². The lowest BCUT2D eigenvalue weighted by molar-refractivity contribution is 0.163. The Morgan fingerprint density at radius 2 is 1.43 bits per heavy atom. The normalized spacial score (nSPS) is 17.6. The molecule has 0 saturated carbocycles. The van der Waals surface area contributed by atoms with E-state index in [0.717, 1.165) is 55.5 Å². The zero-order valence-corrected chi connectivity index (χ0v) is 26.3. The highest BCUT2D eigenvalue weighted by Crippen LogP contribution is 2.58. The minimum atomic E-state index is -1.02. The van der Waals surface area contributed by atoms with Crippen molar-refractivity contribution in [1.29, 1.82) is 0 Å². The molecule has 6 aromatic carbocycles. The minimum absolute atomic E-state index is 0.273. The monoisotopic (exact) mass is 622 g/mol. The maximum absolute atomic E-state index is 15.1. The first-order valence-corrected chi connectivity index (χ1v) is 16.1. The number of halogens is 2. The van der Waals surface area contributed by atoms with E-state index in [1.807, 2.05) is 36.4 Å².